The molecular weight excluding hydrogens is 242 g/mol. The van der Waals surface area contributed by atoms with Crippen molar-refractivity contribution in [2.45, 2.75) is 25.4 Å². The Balaban J connectivity index is 2.04. The van der Waals surface area contributed by atoms with E-state index in [-0.39, 0.29) is 6.10 Å². The Morgan fingerprint density at radius 3 is 3.06 bits per heavy atom. The van der Waals surface area contributed by atoms with Crippen LogP contribution in [0.3, 0.4) is 0 Å². The van der Waals surface area contributed by atoms with Gasteiger partial charge < -0.3 is 4.74 Å². The molecule has 96 valence electrons. The number of hydrogen-bond donors (Lipinski definition) is 1. The van der Waals surface area contributed by atoms with Crippen LogP contribution in [0.25, 0.3) is 0 Å². The third kappa shape index (κ3) is 3.27. The fourth-order valence-corrected chi connectivity index (χ4v) is 2.50. The smallest absolute Gasteiger partial charge is 0.262 e. The van der Waals surface area contributed by atoms with Crippen LogP contribution in [0.5, 0.6) is 0 Å². The van der Waals surface area contributed by atoms with E-state index in [1.165, 1.54) is 4.31 Å². The number of aryl methyl sites for hydroxylation is 1. The van der Waals surface area contributed by atoms with E-state index in [4.69, 9.17) is 4.74 Å². The maximum atomic E-state index is 11.3. The lowest BCUT2D eigenvalue weighted by Crippen LogP contribution is -2.36. The largest absolute Gasteiger partial charge is 0.376 e. The van der Waals surface area contributed by atoms with Gasteiger partial charge in [-0.05, 0) is 19.3 Å². The van der Waals surface area contributed by atoms with E-state index in [1.54, 1.807) is 24.1 Å². The maximum absolute atomic E-state index is 11.3. The summed E-state index contributed by atoms with van der Waals surface area (Å²) in [4.78, 5) is 0. The van der Waals surface area contributed by atoms with Crippen molar-refractivity contribution in [1.29, 1.82) is 0 Å². The van der Waals surface area contributed by atoms with Gasteiger partial charge >= 0.3 is 0 Å². The first-order chi connectivity index (χ1) is 8.16. The fourth-order valence-electron chi connectivity index (χ4n) is 1.93. The van der Waals surface area contributed by atoms with Gasteiger partial charge in [-0.1, -0.05) is 0 Å². The molecule has 0 aromatic carbocycles. The Bertz CT molecular complexity index is 390. The number of anilines is 1. The van der Waals surface area contributed by atoms with Crippen molar-refractivity contribution in [1.82, 2.24) is 9.78 Å². The highest BCUT2D eigenvalue weighted by molar-refractivity contribution is 7.80. The van der Waals surface area contributed by atoms with Crippen molar-refractivity contribution >= 4 is 17.0 Å². The number of ether oxygens (including phenoxy) is 1. The third-order valence-corrected chi connectivity index (χ3v) is 3.55. The Morgan fingerprint density at radius 1 is 1.71 bits per heavy atom. The molecule has 1 unspecified atom stereocenters. The highest BCUT2D eigenvalue weighted by Gasteiger charge is 2.22. The summed E-state index contributed by atoms with van der Waals surface area (Å²) in [7, 11) is 1.78. The number of hydrogen-bond acceptors (Lipinski definition) is 3. The molecule has 1 aromatic heterocycles. The quantitative estimate of drug-likeness (QED) is 0.817. The van der Waals surface area contributed by atoms with Crippen LogP contribution in [0.15, 0.2) is 12.4 Å². The van der Waals surface area contributed by atoms with Crippen LogP contribution >= 0.6 is 0 Å². The van der Waals surface area contributed by atoms with Crippen molar-refractivity contribution in [3.63, 3.8) is 0 Å². The first-order valence-electron chi connectivity index (χ1n) is 5.65. The Kier molecular flexibility index (Phi) is 4.14. The summed E-state index contributed by atoms with van der Waals surface area (Å²) < 4.78 is 29.2. The molecule has 0 spiro atoms. The maximum Gasteiger partial charge on any atom is 0.262 e. The summed E-state index contributed by atoms with van der Waals surface area (Å²) in [6.07, 6.45) is 6.46. The van der Waals surface area contributed by atoms with Gasteiger partial charge in [0.25, 0.3) is 11.3 Å². The van der Waals surface area contributed by atoms with Crippen LogP contribution in [0, 0.1) is 0 Å². The van der Waals surface area contributed by atoms with Crippen molar-refractivity contribution in [2.75, 3.05) is 17.5 Å². The number of aromatic nitrogens is 2. The Morgan fingerprint density at radius 2 is 2.53 bits per heavy atom. The molecule has 1 saturated heterocycles. The fraction of sp³-hybridized carbons (Fsp3) is 0.700. The molecule has 1 N–H and O–H groups in total. The van der Waals surface area contributed by atoms with E-state index in [0.717, 1.165) is 25.9 Å². The molecule has 0 bridgehead atoms. The topological polar surface area (TPSA) is 67.6 Å². The predicted molar refractivity (Wildman–Crippen MR) is 64.9 cm³/mol. The zero-order valence-electron chi connectivity index (χ0n) is 9.78. The molecular formula is C10H17N3O3S. The standard InChI is InChI=1S/C10H17N3O3S/c1-12-7-9(6-11-12)13(17(14)15)8-10-4-2-3-5-16-10/h6-7,10H,2-5,8H2,1H3,(H,14,15)/t10-/m1/s1. The summed E-state index contributed by atoms with van der Waals surface area (Å²) in [6, 6.07) is 0. The SMILES string of the molecule is Cn1cc(N(C[C@H]2CCCCO2)S(=O)O)cn1. The molecule has 1 aliphatic heterocycles. The molecule has 2 rings (SSSR count). The van der Waals surface area contributed by atoms with Crippen LogP contribution in [0.4, 0.5) is 5.69 Å². The zero-order chi connectivity index (χ0) is 12.3. The van der Waals surface area contributed by atoms with Gasteiger partial charge in [-0.15, -0.1) is 0 Å². The first kappa shape index (κ1) is 12.5. The second-order valence-corrected chi connectivity index (χ2v) is 5.05. The molecule has 6 nitrogen and oxygen atoms in total. The molecule has 0 aliphatic carbocycles. The lowest BCUT2D eigenvalue weighted by molar-refractivity contribution is 0.0228. The summed E-state index contributed by atoms with van der Waals surface area (Å²) >= 11 is -2.04. The highest BCUT2D eigenvalue weighted by atomic mass is 32.2. The second-order valence-electron chi connectivity index (χ2n) is 4.15. The Hall–Kier alpha value is -0.920. The van der Waals surface area contributed by atoms with Gasteiger partial charge in [-0.25, -0.2) is 4.21 Å². The molecule has 0 amide bonds. The minimum atomic E-state index is -2.04. The van der Waals surface area contributed by atoms with Crippen molar-refractivity contribution in [2.24, 2.45) is 7.05 Å². The molecule has 1 aromatic rings. The zero-order valence-corrected chi connectivity index (χ0v) is 10.6. The molecule has 0 radical (unpaired) electrons. The minimum Gasteiger partial charge on any atom is -0.376 e. The third-order valence-electron chi connectivity index (χ3n) is 2.81. The normalized spacial score (nSPS) is 22.4. The van der Waals surface area contributed by atoms with Crippen LogP contribution in [-0.2, 0) is 23.1 Å². The molecule has 0 saturated carbocycles. The van der Waals surface area contributed by atoms with Gasteiger partial charge in [0, 0.05) is 19.9 Å². The summed E-state index contributed by atoms with van der Waals surface area (Å²) in [5, 5.41) is 4.00. The molecule has 1 aliphatic rings. The van der Waals surface area contributed by atoms with Crippen molar-refractivity contribution in [3.05, 3.63) is 12.4 Å². The first-order valence-corrected chi connectivity index (χ1v) is 6.72. The van der Waals surface area contributed by atoms with Gasteiger partial charge in [0.2, 0.25) is 0 Å². The van der Waals surface area contributed by atoms with E-state index < -0.39 is 11.3 Å². The van der Waals surface area contributed by atoms with Gasteiger partial charge in [0.1, 0.15) is 0 Å². The van der Waals surface area contributed by atoms with Crippen LogP contribution in [-0.4, -0.2) is 37.8 Å². The lowest BCUT2D eigenvalue weighted by atomic mass is 10.1. The predicted octanol–water partition coefficient (Wildman–Crippen LogP) is 0.932. The van der Waals surface area contributed by atoms with E-state index in [2.05, 4.69) is 5.10 Å². The number of nitrogens with zero attached hydrogens (tertiary/aromatic N) is 3. The second kappa shape index (κ2) is 5.61. The van der Waals surface area contributed by atoms with Gasteiger partial charge in [-0.2, -0.15) is 5.10 Å². The number of rotatable bonds is 4. The van der Waals surface area contributed by atoms with Gasteiger partial charge in [-0.3, -0.25) is 13.5 Å². The summed E-state index contributed by atoms with van der Waals surface area (Å²) in [5.41, 5.74) is 0.641. The molecule has 17 heavy (non-hydrogen) atoms. The van der Waals surface area contributed by atoms with Crippen molar-refractivity contribution < 1.29 is 13.5 Å². The van der Waals surface area contributed by atoms with Crippen LogP contribution in [0.2, 0.25) is 0 Å². The van der Waals surface area contributed by atoms with Gasteiger partial charge in [0.15, 0.2) is 0 Å². The van der Waals surface area contributed by atoms with Crippen LogP contribution < -0.4 is 4.31 Å². The van der Waals surface area contributed by atoms with E-state index in [1.807, 2.05) is 0 Å². The van der Waals surface area contributed by atoms with Crippen LogP contribution in [0.1, 0.15) is 19.3 Å². The van der Waals surface area contributed by atoms with Gasteiger partial charge in [0.05, 0.1) is 24.5 Å². The van der Waals surface area contributed by atoms with E-state index >= 15 is 0 Å². The highest BCUT2D eigenvalue weighted by Crippen LogP contribution is 2.19. The minimum absolute atomic E-state index is 0.0278. The van der Waals surface area contributed by atoms with E-state index in [9.17, 15) is 8.76 Å². The molecule has 2 heterocycles. The summed E-state index contributed by atoms with van der Waals surface area (Å²) in [5.74, 6) is 0. The average molecular weight is 259 g/mol. The molecule has 7 heteroatoms. The average Bonchev–Trinajstić information content (AvgIpc) is 2.73. The van der Waals surface area contributed by atoms with Crippen molar-refractivity contribution in [3.8, 4) is 0 Å². The Labute approximate surface area is 103 Å². The lowest BCUT2D eigenvalue weighted by Gasteiger charge is -2.27. The van der Waals surface area contributed by atoms with E-state index in [0.29, 0.717) is 12.2 Å². The molecule has 2 atom stereocenters. The monoisotopic (exact) mass is 259 g/mol. The molecule has 1 fully saturated rings. The summed E-state index contributed by atoms with van der Waals surface area (Å²) in [6.45, 7) is 1.17.